The number of amides is 1. The van der Waals surface area contributed by atoms with E-state index in [-0.39, 0.29) is 11.7 Å². The first kappa shape index (κ1) is 18.6. The van der Waals surface area contributed by atoms with Gasteiger partial charge in [0, 0.05) is 17.7 Å². The number of aromatic amines is 1. The van der Waals surface area contributed by atoms with Crippen molar-refractivity contribution in [3.63, 3.8) is 0 Å². The molecule has 0 atom stereocenters. The summed E-state index contributed by atoms with van der Waals surface area (Å²) in [6.07, 6.45) is 1.73. The van der Waals surface area contributed by atoms with Crippen LogP contribution < -0.4 is 5.32 Å². The van der Waals surface area contributed by atoms with Gasteiger partial charge in [-0.25, -0.2) is 9.37 Å². The molecule has 0 unspecified atom stereocenters. The van der Waals surface area contributed by atoms with Crippen LogP contribution in [0.4, 0.5) is 4.39 Å². The quantitative estimate of drug-likeness (QED) is 0.501. The molecule has 3 aromatic carbocycles. The summed E-state index contributed by atoms with van der Waals surface area (Å²) in [6, 6.07) is 21.6. The number of nitrogens with zero attached hydrogens (tertiary/aromatic N) is 1. The second kappa shape index (κ2) is 8.10. The molecule has 144 valence electrons. The van der Waals surface area contributed by atoms with Gasteiger partial charge < -0.3 is 10.3 Å². The molecule has 0 saturated heterocycles. The van der Waals surface area contributed by atoms with Crippen molar-refractivity contribution >= 4 is 5.91 Å². The fourth-order valence-electron chi connectivity index (χ4n) is 3.10. The first-order chi connectivity index (χ1) is 14.1. The Labute approximate surface area is 168 Å². The van der Waals surface area contributed by atoms with Crippen LogP contribution in [0.3, 0.4) is 0 Å². The Morgan fingerprint density at radius 1 is 1.00 bits per heavy atom. The number of aromatic nitrogens is 2. The number of nitrogens with one attached hydrogen (secondary N) is 2. The molecule has 1 amide bonds. The Balaban J connectivity index is 1.42. The lowest BCUT2D eigenvalue weighted by atomic mass is 10.1. The zero-order chi connectivity index (χ0) is 20.2. The van der Waals surface area contributed by atoms with Gasteiger partial charge in [0.2, 0.25) is 0 Å². The van der Waals surface area contributed by atoms with Crippen molar-refractivity contribution in [3.8, 4) is 22.6 Å². The third-order valence-electron chi connectivity index (χ3n) is 4.69. The molecule has 5 heteroatoms. The predicted octanol–water partition coefficient (Wildman–Crippen LogP) is 5.12. The van der Waals surface area contributed by atoms with Gasteiger partial charge in [0.05, 0.1) is 11.9 Å². The Hall–Kier alpha value is -3.73. The predicted molar refractivity (Wildman–Crippen MR) is 112 cm³/mol. The topological polar surface area (TPSA) is 57.8 Å². The van der Waals surface area contributed by atoms with E-state index in [1.165, 1.54) is 12.1 Å². The number of carbonyl (C=O) groups excluding carboxylic acids is 1. The number of halogens is 1. The van der Waals surface area contributed by atoms with E-state index >= 15 is 0 Å². The van der Waals surface area contributed by atoms with Gasteiger partial charge in [-0.3, -0.25) is 4.79 Å². The summed E-state index contributed by atoms with van der Waals surface area (Å²) in [6.45, 7) is 2.41. The summed E-state index contributed by atoms with van der Waals surface area (Å²) in [5.74, 6) is 0.381. The normalized spacial score (nSPS) is 10.7. The molecule has 0 spiro atoms. The SMILES string of the molecule is Cc1cccc(C(=O)NCc2ccc(-c3ncc(-c4ccc(F)cc4)[nH]3)cc2)c1. The monoisotopic (exact) mass is 385 g/mol. The van der Waals surface area contributed by atoms with Crippen LogP contribution in [-0.2, 0) is 6.54 Å². The summed E-state index contributed by atoms with van der Waals surface area (Å²) in [5, 5.41) is 2.94. The van der Waals surface area contributed by atoms with Crippen molar-refractivity contribution < 1.29 is 9.18 Å². The largest absolute Gasteiger partial charge is 0.348 e. The number of benzene rings is 3. The highest BCUT2D eigenvalue weighted by Gasteiger charge is 2.08. The number of hydrogen-bond donors (Lipinski definition) is 2. The number of H-pyrrole nitrogens is 1. The van der Waals surface area contributed by atoms with Gasteiger partial charge >= 0.3 is 0 Å². The van der Waals surface area contributed by atoms with Gasteiger partial charge in [-0.2, -0.15) is 0 Å². The van der Waals surface area contributed by atoms with E-state index in [0.29, 0.717) is 12.1 Å². The third-order valence-corrected chi connectivity index (χ3v) is 4.69. The highest BCUT2D eigenvalue weighted by atomic mass is 19.1. The highest BCUT2D eigenvalue weighted by molar-refractivity contribution is 5.94. The molecule has 0 fully saturated rings. The Morgan fingerprint density at radius 3 is 2.45 bits per heavy atom. The summed E-state index contributed by atoms with van der Waals surface area (Å²) in [5.41, 5.74) is 5.35. The molecule has 2 N–H and O–H groups in total. The van der Waals surface area contributed by atoms with Crippen LogP contribution in [0, 0.1) is 12.7 Å². The average molecular weight is 385 g/mol. The van der Waals surface area contributed by atoms with Crippen LogP contribution in [0.25, 0.3) is 22.6 Å². The summed E-state index contributed by atoms with van der Waals surface area (Å²) in [4.78, 5) is 19.9. The fraction of sp³-hybridized carbons (Fsp3) is 0.0833. The minimum atomic E-state index is -0.265. The molecule has 0 aliphatic carbocycles. The molecule has 0 aliphatic rings. The molecule has 4 aromatic rings. The second-order valence-electron chi connectivity index (χ2n) is 6.90. The smallest absolute Gasteiger partial charge is 0.251 e. The van der Waals surface area contributed by atoms with Crippen LogP contribution in [0.5, 0.6) is 0 Å². The maximum absolute atomic E-state index is 13.1. The Kier molecular flexibility index (Phi) is 5.20. The lowest BCUT2D eigenvalue weighted by Gasteiger charge is -2.07. The zero-order valence-corrected chi connectivity index (χ0v) is 15.9. The van der Waals surface area contributed by atoms with Crippen LogP contribution in [-0.4, -0.2) is 15.9 Å². The maximum atomic E-state index is 13.1. The van der Waals surface area contributed by atoms with Crippen LogP contribution >= 0.6 is 0 Å². The molecule has 4 rings (SSSR count). The lowest BCUT2D eigenvalue weighted by molar-refractivity contribution is 0.0951. The van der Waals surface area contributed by atoms with Gasteiger partial charge in [0.1, 0.15) is 11.6 Å². The summed E-state index contributed by atoms with van der Waals surface area (Å²) >= 11 is 0. The fourth-order valence-corrected chi connectivity index (χ4v) is 3.10. The van der Waals surface area contributed by atoms with Gasteiger partial charge in [-0.15, -0.1) is 0 Å². The zero-order valence-electron chi connectivity index (χ0n) is 15.9. The number of imidazole rings is 1. The molecule has 29 heavy (non-hydrogen) atoms. The number of rotatable bonds is 5. The van der Waals surface area contributed by atoms with E-state index in [4.69, 9.17) is 0 Å². The number of aryl methyl sites for hydroxylation is 1. The molecular weight excluding hydrogens is 365 g/mol. The number of carbonyl (C=O) groups is 1. The first-order valence-corrected chi connectivity index (χ1v) is 9.33. The van der Waals surface area contributed by atoms with E-state index in [9.17, 15) is 9.18 Å². The van der Waals surface area contributed by atoms with Crippen molar-refractivity contribution in [2.45, 2.75) is 13.5 Å². The third kappa shape index (κ3) is 4.41. The maximum Gasteiger partial charge on any atom is 0.251 e. The molecule has 0 saturated carbocycles. The number of hydrogen-bond acceptors (Lipinski definition) is 2. The van der Waals surface area contributed by atoms with Gasteiger partial charge in [-0.1, -0.05) is 42.0 Å². The van der Waals surface area contributed by atoms with Crippen LogP contribution in [0.1, 0.15) is 21.5 Å². The van der Waals surface area contributed by atoms with Crippen molar-refractivity contribution in [2.24, 2.45) is 0 Å². The molecule has 1 heterocycles. The second-order valence-corrected chi connectivity index (χ2v) is 6.90. The average Bonchev–Trinajstić information content (AvgIpc) is 3.23. The van der Waals surface area contributed by atoms with Gasteiger partial charge in [0.15, 0.2) is 0 Å². The first-order valence-electron chi connectivity index (χ1n) is 9.33. The standard InChI is InChI=1S/C24H20FN3O/c1-16-3-2-4-20(13-16)24(29)27-14-17-5-7-19(8-6-17)23-26-15-22(28-23)18-9-11-21(25)12-10-18/h2-13,15H,14H2,1H3,(H,26,28)(H,27,29). The molecule has 1 aromatic heterocycles. The summed E-state index contributed by atoms with van der Waals surface area (Å²) < 4.78 is 13.1. The van der Waals surface area contributed by atoms with E-state index in [1.54, 1.807) is 24.4 Å². The van der Waals surface area contributed by atoms with Crippen molar-refractivity contribution in [3.05, 3.63) is 102 Å². The van der Waals surface area contributed by atoms with E-state index in [1.807, 2.05) is 49.4 Å². The summed E-state index contributed by atoms with van der Waals surface area (Å²) in [7, 11) is 0. The molecule has 0 bridgehead atoms. The van der Waals surface area contributed by atoms with E-state index in [0.717, 1.165) is 33.8 Å². The van der Waals surface area contributed by atoms with E-state index < -0.39 is 0 Å². The van der Waals surface area contributed by atoms with E-state index in [2.05, 4.69) is 15.3 Å². The highest BCUT2D eigenvalue weighted by Crippen LogP contribution is 2.22. The Bertz CT molecular complexity index is 1130. The van der Waals surface area contributed by atoms with Crippen LogP contribution in [0.15, 0.2) is 79.0 Å². The minimum absolute atomic E-state index is 0.0900. The van der Waals surface area contributed by atoms with Crippen molar-refractivity contribution in [1.82, 2.24) is 15.3 Å². The molecule has 4 nitrogen and oxygen atoms in total. The minimum Gasteiger partial charge on any atom is -0.348 e. The van der Waals surface area contributed by atoms with Gasteiger partial charge in [0.25, 0.3) is 5.91 Å². The molecule has 0 radical (unpaired) electrons. The Morgan fingerprint density at radius 2 is 1.72 bits per heavy atom. The van der Waals surface area contributed by atoms with Crippen LogP contribution in [0.2, 0.25) is 0 Å². The van der Waals surface area contributed by atoms with Crippen molar-refractivity contribution in [2.75, 3.05) is 0 Å². The molecular formula is C24H20FN3O. The molecule has 0 aliphatic heterocycles. The lowest BCUT2D eigenvalue weighted by Crippen LogP contribution is -2.22. The van der Waals surface area contributed by atoms with Crippen molar-refractivity contribution in [1.29, 1.82) is 0 Å². The van der Waals surface area contributed by atoms with Gasteiger partial charge in [-0.05, 0) is 54.4 Å².